The maximum atomic E-state index is 3.69. The molecule has 0 saturated heterocycles. The van der Waals surface area contributed by atoms with Crippen LogP contribution in [0.4, 0.5) is 0 Å². The number of halogens is 1. The molecule has 0 N–H and O–H groups in total. The summed E-state index contributed by atoms with van der Waals surface area (Å²) in [6, 6.07) is 17.9. The third-order valence-corrected chi connectivity index (χ3v) is 4.96. The van der Waals surface area contributed by atoms with Gasteiger partial charge in [0, 0.05) is 4.47 Å². The van der Waals surface area contributed by atoms with E-state index in [9.17, 15) is 0 Å². The lowest BCUT2D eigenvalue weighted by Gasteiger charge is -2.16. The number of rotatable bonds is 1. The fourth-order valence-electron chi connectivity index (χ4n) is 3.29. The van der Waals surface area contributed by atoms with Crippen LogP contribution in [0.1, 0.15) is 25.3 Å². The van der Waals surface area contributed by atoms with Crippen LogP contribution in [-0.2, 0) is 0 Å². The Bertz CT molecular complexity index is 935. The van der Waals surface area contributed by atoms with Gasteiger partial charge in [-0.3, -0.25) is 0 Å². The van der Waals surface area contributed by atoms with Gasteiger partial charge in [0.05, 0.1) is 0 Å². The molecule has 0 unspecified atom stereocenters. The van der Waals surface area contributed by atoms with E-state index in [1.54, 1.807) is 0 Å². The second kappa shape index (κ2) is 4.20. The van der Waals surface area contributed by atoms with Crippen LogP contribution in [-0.4, -0.2) is 0 Å². The highest BCUT2D eigenvalue weighted by molar-refractivity contribution is 9.10. The normalized spacial score (nSPS) is 12.2. The Morgan fingerprint density at radius 3 is 1.95 bits per heavy atom. The molecule has 98 valence electrons. The molecule has 0 nitrogen and oxygen atoms in total. The summed E-state index contributed by atoms with van der Waals surface area (Å²) in [5.41, 5.74) is 1.44. The van der Waals surface area contributed by atoms with Crippen molar-refractivity contribution in [2.75, 3.05) is 0 Å². The third-order valence-electron chi connectivity index (χ3n) is 4.27. The first kappa shape index (κ1) is 12.2. The van der Waals surface area contributed by atoms with Crippen LogP contribution < -0.4 is 0 Å². The predicted octanol–water partition coefficient (Wildman–Crippen LogP) is 6.47. The highest BCUT2D eigenvalue weighted by Crippen LogP contribution is 2.39. The van der Waals surface area contributed by atoms with E-state index >= 15 is 0 Å². The SMILES string of the molecule is CC(C)c1ccc2ccc3c(Br)ccc4ccc1c2c43. The van der Waals surface area contributed by atoms with Crippen molar-refractivity contribution < 1.29 is 0 Å². The van der Waals surface area contributed by atoms with Crippen LogP contribution in [0, 0.1) is 0 Å². The van der Waals surface area contributed by atoms with E-state index in [4.69, 9.17) is 0 Å². The molecule has 0 fully saturated rings. The van der Waals surface area contributed by atoms with Gasteiger partial charge in [-0.2, -0.15) is 0 Å². The highest BCUT2D eigenvalue weighted by Gasteiger charge is 2.13. The van der Waals surface area contributed by atoms with Crippen molar-refractivity contribution in [1.29, 1.82) is 0 Å². The first-order valence-corrected chi connectivity index (χ1v) is 7.82. The zero-order valence-corrected chi connectivity index (χ0v) is 13.2. The maximum Gasteiger partial charge on any atom is 0.0254 e. The monoisotopic (exact) mass is 322 g/mol. The number of benzene rings is 4. The Balaban J connectivity index is 2.35. The molecule has 0 saturated carbocycles. The third kappa shape index (κ3) is 1.53. The minimum Gasteiger partial charge on any atom is -0.0587 e. The molecule has 4 aromatic rings. The molecule has 1 heteroatoms. The Morgan fingerprint density at radius 1 is 0.700 bits per heavy atom. The van der Waals surface area contributed by atoms with Gasteiger partial charge in [0.25, 0.3) is 0 Å². The minimum absolute atomic E-state index is 0.544. The summed E-state index contributed by atoms with van der Waals surface area (Å²) in [5, 5.41) is 8.15. The average Bonchev–Trinajstić information content (AvgIpc) is 2.46. The van der Waals surface area contributed by atoms with Gasteiger partial charge < -0.3 is 0 Å². The summed E-state index contributed by atoms with van der Waals surface area (Å²) in [5.74, 6) is 0.544. The Kier molecular flexibility index (Phi) is 2.55. The van der Waals surface area contributed by atoms with Crippen LogP contribution in [0.15, 0.2) is 53.0 Å². The van der Waals surface area contributed by atoms with E-state index in [-0.39, 0.29) is 0 Å². The van der Waals surface area contributed by atoms with Crippen LogP contribution in [0.2, 0.25) is 0 Å². The summed E-state index contributed by atoms with van der Waals surface area (Å²) >= 11 is 3.69. The molecule has 0 aliphatic carbocycles. The summed E-state index contributed by atoms with van der Waals surface area (Å²) in [4.78, 5) is 0. The van der Waals surface area contributed by atoms with E-state index in [1.165, 1.54) is 42.4 Å². The van der Waals surface area contributed by atoms with E-state index in [1.807, 2.05) is 0 Å². The molecule has 0 atom stereocenters. The summed E-state index contributed by atoms with van der Waals surface area (Å²) in [7, 11) is 0. The standard InChI is InChI=1S/C19H15Br/c1-11(2)14-7-3-12-5-9-16-17(20)10-6-13-4-8-15(14)18(12)19(13)16/h3-11H,1-2H3. The van der Waals surface area contributed by atoms with Crippen molar-refractivity contribution in [3.8, 4) is 0 Å². The Hall–Kier alpha value is -1.60. The molecule has 0 bridgehead atoms. The molecular formula is C19H15Br. The topological polar surface area (TPSA) is 0 Å². The highest BCUT2D eigenvalue weighted by atomic mass is 79.9. The van der Waals surface area contributed by atoms with E-state index < -0.39 is 0 Å². The first-order valence-electron chi connectivity index (χ1n) is 7.03. The van der Waals surface area contributed by atoms with E-state index in [0.717, 1.165) is 0 Å². The first-order chi connectivity index (χ1) is 9.66. The van der Waals surface area contributed by atoms with Gasteiger partial charge in [-0.25, -0.2) is 0 Å². The second-order valence-corrected chi connectivity index (χ2v) is 6.63. The molecule has 4 aromatic carbocycles. The molecule has 0 aliphatic rings. The van der Waals surface area contributed by atoms with Crippen molar-refractivity contribution >= 4 is 48.2 Å². The summed E-state index contributed by atoms with van der Waals surface area (Å²) in [6.07, 6.45) is 0. The van der Waals surface area contributed by atoms with Gasteiger partial charge in [0.1, 0.15) is 0 Å². The molecule has 0 aromatic heterocycles. The van der Waals surface area contributed by atoms with Gasteiger partial charge in [-0.05, 0) is 49.9 Å². The second-order valence-electron chi connectivity index (χ2n) is 5.78. The van der Waals surface area contributed by atoms with Crippen LogP contribution in [0.5, 0.6) is 0 Å². The van der Waals surface area contributed by atoms with Crippen LogP contribution >= 0.6 is 15.9 Å². The van der Waals surface area contributed by atoms with Gasteiger partial charge >= 0.3 is 0 Å². The largest absolute Gasteiger partial charge is 0.0587 e. The van der Waals surface area contributed by atoms with E-state index in [0.29, 0.717) is 5.92 Å². The molecule has 0 amide bonds. The Labute approximate surface area is 126 Å². The minimum atomic E-state index is 0.544. The fourth-order valence-corrected chi connectivity index (χ4v) is 3.75. The van der Waals surface area contributed by atoms with Gasteiger partial charge in [-0.1, -0.05) is 72.2 Å². The Morgan fingerprint density at radius 2 is 1.25 bits per heavy atom. The van der Waals surface area contributed by atoms with Crippen molar-refractivity contribution in [2.45, 2.75) is 19.8 Å². The molecule has 20 heavy (non-hydrogen) atoms. The van der Waals surface area contributed by atoms with Crippen molar-refractivity contribution in [2.24, 2.45) is 0 Å². The fraction of sp³-hybridized carbons (Fsp3) is 0.158. The lowest BCUT2D eigenvalue weighted by atomic mass is 9.89. The predicted molar refractivity (Wildman–Crippen MR) is 91.9 cm³/mol. The molecule has 0 radical (unpaired) electrons. The zero-order chi connectivity index (χ0) is 13.9. The van der Waals surface area contributed by atoms with Crippen molar-refractivity contribution in [3.05, 3.63) is 58.6 Å². The summed E-state index contributed by atoms with van der Waals surface area (Å²) in [6.45, 7) is 4.53. The summed E-state index contributed by atoms with van der Waals surface area (Å²) < 4.78 is 1.18. The number of hydrogen-bond donors (Lipinski definition) is 0. The molecule has 4 rings (SSSR count). The molecule has 0 spiro atoms. The quantitative estimate of drug-likeness (QED) is 0.352. The average molecular weight is 323 g/mol. The van der Waals surface area contributed by atoms with Gasteiger partial charge in [-0.15, -0.1) is 0 Å². The molecular weight excluding hydrogens is 308 g/mol. The molecule has 0 aliphatic heterocycles. The lowest BCUT2D eigenvalue weighted by molar-refractivity contribution is 0.877. The van der Waals surface area contributed by atoms with Gasteiger partial charge in [0.2, 0.25) is 0 Å². The molecule has 0 heterocycles. The number of hydrogen-bond acceptors (Lipinski definition) is 0. The van der Waals surface area contributed by atoms with Gasteiger partial charge in [0.15, 0.2) is 0 Å². The maximum absolute atomic E-state index is 3.69. The van der Waals surface area contributed by atoms with Crippen molar-refractivity contribution in [1.82, 2.24) is 0 Å². The van der Waals surface area contributed by atoms with E-state index in [2.05, 4.69) is 78.3 Å². The smallest absolute Gasteiger partial charge is 0.0254 e. The van der Waals surface area contributed by atoms with Crippen molar-refractivity contribution in [3.63, 3.8) is 0 Å². The van der Waals surface area contributed by atoms with Crippen LogP contribution in [0.3, 0.4) is 0 Å². The zero-order valence-electron chi connectivity index (χ0n) is 11.6. The van der Waals surface area contributed by atoms with Crippen LogP contribution in [0.25, 0.3) is 32.3 Å². The lowest BCUT2D eigenvalue weighted by Crippen LogP contribution is -1.92.